The molecule has 0 bridgehead atoms. The zero-order valence-corrected chi connectivity index (χ0v) is 12.1. The number of aromatic nitrogens is 4. The van der Waals surface area contributed by atoms with E-state index in [4.69, 9.17) is 0 Å². The van der Waals surface area contributed by atoms with Crippen LogP contribution in [-0.4, -0.2) is 20.0 Å². The summed E-state index contributed by atoms with van der Waals surface area (Å²) in [7, 11) is 1.84. The highest BCUT2D eigenvalue weighted by molar-refractivity contribution is 5.95. The lowest BCUT2D eigenvalue weighted by atomic mass is 10.0. The maximum absolute atomic E-state index is 4.57. The van der Waals surface area contributed by atoms with Crippen LogP contribution in [0.25, 0.3) is 33.4 Å². The lowest BCUT2D eigenvalue weighted by Gasteiger charge is -2.04. The summed E-state index contributed by atoms with van der Waals surface area (Å²) >= 11 is 0. The number of hydrogen-bond acceptors (Lipinski definition) is 3. The standard InChI is InChI=1S/C18H14N4/c1-22-20-17(14-7-3-2-4-8-14)18(21-22)15-11-5-9-13-10-6-12-19-16(13)15/h2-12H,1H3. The molecular weight excluding hydrogens is 272 g/mol. The molecule has 106 valence electrons. The number of benzene rings is 2. The molecule has 0 aliphatic rings. The smallest absolute Gasteiger partial charge is 0.123 e. The van der Waals surface area contributed by atoms with Crippen molar-refractivity contribution in [3.8, 4) is 22.5 Å². The van der Waals surface area contributed by atoms with E-state index in [0.29, 0.717) is 0 Å². The highest BCUT2D eigenvalue weighted by Crippen LogP contribution is 2.32. The molecule has 2 aromatic carbocycles. The van der Waals surface area contributed by atoms with Crippen molar-refractivity contribution in [2.24, 2.45) is 7.05 Å². The molecule has 22 heavy (non-hydrogen) atoms. The molecule has 2 heterocycles. The first kappa shape index (κ1) is 12.7. The van der Waals surface area contributed by atoms with Gasteiger partial charge in [-0.05, 0) is 6.07 Å². The fourth-order valence-electron chi connectivity index (χ4n) is 2.67. The van der Waals surface area contributed by atoms with Crippen molar-refractivity contribution in [2.75, 3.05) is 0 Å². The monoisotopic (exact) mass is 286 g/mol. The molecule has 0 unspecified atom stereocenters. The van der Waals surface area contributed by atoms with Crippen LogP contribution in [0.5, 0.6) is 0 Å². The van der Waals surface area contributed by atoms with Crippen molar-refractivity contribution in [1.82, 2.24) is 20.0 Å². The van der Waals surface area contributed by atoms with Gasteiger partial charge in [-0.1, -0.05) is 54.6 Å². The van der Waals surface area contributed by atoms with E-state index in [9.17, 15) is 0 Å². The fraction of sp³-hybridized carbons (Fsp3) is 0.0556. The molecule has 0 spiro atoms. The Morgan fingerprint density at radius 3 is 2.41 bits per heavy atom. The predicted molar refractivity (Wildman–Crippen MR) is 87.2 cm³/mol. The second-order valence-electron chi connectivity index (χ2n) is 5.13. The van der Waals surface area contributed by atoms with Gasteiger partial charge >= 0.3 is 0 Å². The van der Waals surface area contributed by atoms with Gasteiger partial charge in [-0.3, -0.25) is 4.98 Å². The predicted octanol–water partition coefficient (Wildman–Crippen LogP) is 3.70. The van der Waals surface area contributed by atoms with Crippen LogP contribution in [0.15, 0.2) is 66.9 Å². The summed E-state index contributed by atoms with van der Waals surface area (Å²) in [6.07, 6.45) is 1.81. The van der Waals surface area contributed by atoms with E-state index < -0.39 is 0 Å². The van der Waals surface area contributed by atoms with Crippen LogP contribution in [0.4, 0.5) is 0 Å². The normalized spacial score (nSPS) is 11.0. The lowest BCUT2D eigenvalue weighted by molar-refractivity contribution is 0.657. The Balaban J connectivity index is 2.00. The Bertz CT molecular complexity index is 936. The highest BCUT2D eigenvalue weighted by atomic mass is 15.5. The van der Waals surface area contributed by atoms with Gasteiger partial charge in [-0.15, -0.1) is 0 Å². The maximum Gasteiger partial charge on any atom is 0.123 e. The van der Waals surface area contributed by atoms with Gasteiger partial charge in [0.2, 0.25) is 0 Å². The van der Waals surface area contributed by atoms with E-state index in [1.807, 2.05) is 61.8 Å². The number of fused-ring (bicyclic) bond motifs is 1. The Morgan fingerprint density at radius 2 is 1.55 bits per heavy atom. The van der Waals surface area contributed by atoms with Gasteiger partial charge in [0, 0.05) is 29.8 Å². The Kier molecular flexibility index (Phi) is 2.93. The molecule has 0 saturated heterocycles. The average molecular weight is 286 g/mol. The van der Waals surface area contributed by atoms with Crippen LogP contribution >= 0.6 is 0 Å². The number of nitrogens with zero attached hydrogens (tertiary/aromatic N) is 4. The van der Waals surface area contributed by atoms with Gasteiger partial charge in [-0.2, -0.15) is 15.0 Å². The third kappa shape index (κ3) is 2.05. The minimum Gasteiger partial charge on any atom is -0.256 e. The van der Waals surface area contributed by atoms with Crippen LogP contribution in [0, 0.1) is 0 Å². The summed E-state index contributed by atoms with van der Waals surface area (Å²) in [6.45, 7) is 0. The van der Waals surface area contributed by atoms with Crippen LogP contribution in [0.1, 0.15) is 0 Å². The third-order valence-electron chi connectivity index (χ3n) is 3.65. The maximum atomic E-state index is 4.57. The van der Waals surface area contributed by atoms with E-state index >= 15 is 0 Å². The van der Waals surface area contributed by atoms with Crippen molar-refractivity contribution in [1.29, 1.82) is 0 Å². The summed E-state index contributed by atoms with van der Waals surface area (Å²) in [5.41, 5.74) is 4.74. The molecule has 0 N–H and O–H groups in total. The summed E-state index contributed by atoms with van der Waals surface area (Å²) in [5.74, 6) is 0. The van der Waals surface area contributed by atoms with Crippen LogP contribution in [0.3, 0.4) is 0 Å². The van der Waals surface area contributed by atoms with Crippen LogP contribution in [-0.2, 0) is 7.05 Å². The minimum atomic E-state index is 0.859. The van der Waals surface area contributed by atoms with Crippen molar-refractivity contribution < 1.29 is 0 Å². The number of rotatable bonds is 2. The number of aryl methyl sites for hydroxylation is 1. The molecule has 0 saturated carbocycles. The zero-order chi connectivity index (χ0) is 14.9. The number of hydrogen-bond donors (Lipinski definition) is 0. The van der Waals surface area contributed by atoms with Crippen LogP contribution < -0.4 is 0 Å². The van der Waals surface area contributed by atoms with Gasteiger partial charge in [0.25, 0.3) is 0 Å². The molecule has 0 radical (unpaired) electrons. The Morgan fingerprint density at radius 1 is 0.773 bits per heavy atom. The number of pyridine rings is 1. The molecular formula is C18H14N4. The second-order valence-corrected chi connectivity index (χ2v) is 5.13. The molecule has 0 amide bonds. The topological polar surface area (TPSA) is 43.6 Å². The first-order chi connectivity index (χ1) is 10.8. The molecule has 4 nitrogen and oxygen atoms in total. The summed E-state index contributed by atoms with van der Waals surface area (Å²) in [4.78, 5) is 6.14. The van der Waals surface area contributed by atoms with Gasteiger partial charge in [0.05, 0.1) is 5.52 Å². The van der Waals surface area contributed by atoms with Crippen molar-refractivity contribution in [3.05, 3.63) is 66.9 Å². The molecule has 0 aliphatic heterocycles. The minimum absolute atomic E-state index is 0.859. The van der Waals surface area contributed by atoms with Gasteiger partial charge in [0.1, 0.15) is 11.4 Å². The van der Waals surface area contributed by atoms with Crippen molar-refractivity contribution in [2.45, 2.75) is 0 Å². The molecule has 0 atom stereocenters. The SMILES string of the molecule is Cn1nc(-c2ccccc2)c(-c2cccc3cccnc23)n1. The third-order valence-corrected chi connectivity index (χ3v) is 3.65. The van der Waals surface area contributed by atoms with Gasteiger partial charge in [0.15, 0.2) is 0 Å². The molecule has 0 aliphatic carbocycles. The molecule has 4 aromatic rings. The van der Waals surface area contributed by atoms with Crippen molar-refractivity contribution >= 4 is 10.9 Å². The summed E-state index contributed by atoms with van der Waals surface area (Å²) < 4.78 is 0. The van der Waals surface area contributed by atoms with E-state index in [-0.39, 0.29) is 0 Å². The van der Waals surface area contributed by atoms with Gasteiger partial charge < -0.3 is 0 Å². The quantitative estimate of drug-likeness (QED) is 0.564. The fourth-order valence-corrected chi connectivity index (χ4v) is 2.67. The molecule has 2 aromatic heterocycles. The Hall–Kier alpha value is -3.01. The number of para-hydroxylation sites is 1. The summed E-state index contributed by atoms with van der Waals surface area (Å²) in [5, 5.41) is 10.2. The highest BCUT2D eigenvalue weighted by Gasteiger charge is 2.16. The average Bonchev–Trinajstić information content (AvgIpc) is 2.97. The molecule has 4 rings (SSSR count). The van der Waals surface area contributed by atoms with E-state index in [2.05, 4.69) is 27.3 Å². The van der Waals surface area contributed by atoms with Crippen LogP contribution in [0.2, 0.25) is 0 Å². The summed E-state index contributed by atoms with van der Waals surface area (Å²) in [6, 6.07) is 20.3. The van der Waals surface area contributed by atoms with E-state index in [0.717, 1.165) is 33.4 Å². The Labute approximate surface area is 128 Å². The van der Waals surface area contributed by atoms with Crippen molar-refractivity contribution in [3.63, 3.8) is 0 Å². The first-order valence-corrected chi connectivity index (χ1v) is 7.14. The van der Waals surface area contributed by atoms with Gasteiger partial charge in [-0.25, -0.2) is 0 Å². The zero-order valence-electron chi connectivity index (χ0n) is 12.1. The largest absolute Gasteiger partial charge is 0.256 e. The first-order valence-electron chi connectivity index (χ1n) is 7.14. The second kappa shape index (κ2) is 5.07. The molecule has 4 heteroatoms. The van der Waals surface area contributed by atoms with E-state index in [1.165, 1.54) is 0 Å². The molecule has 0 fully saturated rings. The lowest BCUT2D eigenvalue weighted by Crippen LogP contribution is -1.92. The van der Waals surface area contributed by atoms with E-state index in [1.54, 1.807) is 4.80 Å².